The Balaban J connectivity index is 3.17. The molecule has 0 unspecified atom stereocenters. The van der Waals surface area contributed by atoms with Crippen molar-refractivity contribution in [2.24, 2.45) is 0 Å². The summed E-state index contributed by atoms with van der Waals surface area (Å²) in [5, 5.41) is 8.62. The van der Waals surface area contributed by atoms with Crippen LogP contribution in [-0.2, 0) is 9.53 Å². The molecule has 19 heavy (non-hydrogen) atoms. The van der Waals surface area contributed by atoms with Crippen molar-refractivity contribution in [2.45, 2.75) is 78.1 Å². The summed E-state index contributed by atoms with van der Waals surface area (Å²) in [6.45, 7) is 4.24. The zero-order valence-electron chi connectivity index (χ0n) is 12.6. The maximum atomic E-state index is 11.2. The van der Waals surface area contributed by atoms with E-state index < -0.39 is 5.97 Å². The molecule has 0 rings (SSSR count). The first-order valence-corrected chi connectivity index (χ1v) is 7.70. The molecule has 0 radical (unpaired) electrons. The van der Waals surface area contributed by atoms with E-state index in [2.05, 4.69) is 6.92 Å². The van der Waals surface area contributed by atoms with Crippen LogP contribution in [-0.4, -0.2) is 17.7 Å². The molecule has 112 valence electrons. The molecule has 0 amide bonds. The minimum atomic E-state index is -0.418. The second-order valence-electron chi connectivity index (χ2n) is 5.13. The van der Waals surface area contributed by atoms with Crippen molar-refractivity contribution in [1.82, 2.24) is 0 Å². The highest BCUT2D eigenvalue weighted by atomic mass is 16.5. The fourth-order valence-electron chi connectivity index (χ4n) is 1.92. The lowest BCUT2D eigenvalue weighted by Crippen LogP contribution is -2.07. The van der Waals surface area contributed by atoms with Crippen molar-refractivity contribution < 1.29 is 14.6 Å². The topological polar surface area (TPSA) is 46.5 Å². The molecule has 0 saturated carbocycles. The number of unbranched alkanes of at least 4 members (excludes halogenated alkanes) is 9. The molecule has 0 aromatic rings. The number of esters is 1. The first-order valence-electron chi connectivity index (χ1n) is 7.70. The Morgan fingerprint density at radius 1 is 0.947 bits per heavy atom. The number of carbonyl (C=O) groups is 1. The van der Waals surface area contributed by atoms with E-state index >= 15 is 0 Å². The molecule has 0 aliphatic carbocycles. The Morgan fingerprint density at radius 3 is 1.89 bits per heavy atom. The Labute approximate surface area is 118 Å². The van der Waals surface area contributed by atoms with Gasteiger partial charge in [-0.05, 0) is 13.3 Å². The predicted octanol–water partition coefficient (Wildman–Crippen LogP) is 4.91. The number of carbonyl (C=O) groups excluding carboxylic acids is 1. The van der Waals surface area contributed by atoms with Gasteiger partial charge in [0.15, 0.2) is 0 Å². The molecule has 0 aliphatic heterocycles. The molecule has 0 bridgehead atoms. The maximum absolute atomic E-state index is 11.2. The highest BCUT2D eigenvalue weighted by Gasteiger charge is 2.04. The van der Waals surface area contributed by atoms with Crippen LogP contribution in [0.15, 0.2) is 11.8 Å². The third-order valence-corrected chi connectivity index (χ3v) is 3.25. The van der Waals surface area contributed by atoms with Gasteiger partial charge in [0.1, 0.15) is 0 Å². The van der Waals surface area contributed by atoms with E-state index in [1.807, 2.05) is 0 Å². The van der Waals surface area contributed by atoms with Crippen molar-refractivity contribution in [3.8, 4) is 0 Å². The molecule has 0 aromatic heterocycles. The predicted molar refractivity (Wildman–Crippen MR) is 79.2 cm³/mol. The second-order valence-corrected chi connectivity index (χ2v) is 5.13. The van der Waals surface area contributed by atoms with Gasteiger partial charge in [-0.3, -0.25) is 0 Å². The van der Waals surface area contributed by atoms with Crippen molar-refractivity contribution in [3.63, 3.8) is 0 Å². The van der Waals surface area contributed by atoms with Crippen LogP contribution < -0.4 is 0 Å². The van der Waals surface area contributed by atoms with Gasteiger partial charge in [-0.15, -0.1) is 0 Å². The molecule has 3 nitrogen and oxygen atoms in total. The van der Waals surface area contributed by atoms with Crippen LogP contribution in [0.3, 0.4) is 0 Å². The summed E-state index contributed by atoms with van der Waals surface area (Å²) in [5.74, 6) is -0.418. The quantitative estimate of drug-likeness (QED) is 0.237. The largest absolute Gasteiger partial charge is 0.515 e. The zero-order chi connectivity index (χ0) is 14.3. The van der Waals surface area contributed by atoms with E-state index in [1.165, 1.54) is 51.4 Å². The molecule has 0 aromatic carbocycles. The van der Waals surface area contributed by atoms with Gasteiger partial charge in [-0.2, -0.15) is 0 Å². The third kappa shape index (κ3) is 11.8. The Bertz CT molecular complexity index is 246. The number of ether oxygens (including phenoxy) is 1. The van der Waals surface area contributed by atoms with Crippen LogP contribution in [0.1, 0.15) is 78.1 Å². The number of hydrogen-bond donors (Lipinski definition) is 1. The molecule has 0 heterocycles. The number of aliphatic hydroxyl groups excluding tert-OH is 1. The molecule has 0 atom stereocenters. The fourth-order valence-corrected chi connectivity index (χ4v) is 1.92. The van der Waals surface area contributed by atoms with E-state index in [1.54, 1.807) is 6.92 Å². The summed E-state index contributed by atoms with van der Waals surface area (Å²) >= 11 is 0. The fraction of sp³-hybridized carbons (Fsp3) is 0.812. The first kappa shape index (κ1) is 18.0. The van der Waals surface area contributed by atoms with Crippen LogP contribution in [0, 0.1) is 0 Å². The molecule has 0 aliphatic rings. The lowest BCUT2D eigenvalue weighted by Gasteiger charge is -2.04. The number of aliphatic hydroxyl groups is 1. The van der Waals surface area contributed by atoms with Gasteiger partial charge < -0.3 is 9.84 Å². The van der Waals surface area contributed by atoms with Gasteiger partial charge in [-0.1, -0.05) is 64.7 Å². The summed E-state index contributed by atoms with van der Waals surface area (Å²) in [7, 11) is 0. The minimum absolute atomic E-state index is 0.257. The molecular formula is C16H30O3. The van der Waals surface area contributed by atoms with Gasteiger partial charge in [0.25, 0.3) is 0 Å². The first-order chi connectivity index (χ1) is 9.22. The standard InChI is InChI=1S/C16H30O3/c1-3-4-5-6-7-8-9-10-11-12-13-19-16(18)15(2)14-17/h14,17H,3-13H2,1-2H3/b15-14+. The molecular weight excluding hydrogens is 240 g/mol. The lowest BCUT2D eigenvalue weighted by atomic mass is 10.1. The van der Waals surface area contributed by atoms with Crippen molar-refractivity contribution >= 4 is 5.97 Å². The van der Waals surface area contributed by atoms with Crippen molar-refractivity contribution in [3.05, 3.63) is 11.8 Å². The minimum Gasteiger partial charge on any atom is -0.515 e. The SMILES string of the molecule is CCCCCCCCCCCCOC(=O)/C(C)=C/O. The number of rotatable bonds is 12. The summed E-state index contributed by atoms with van der Waals surface area (Å²) in [6, 6.07) is 0. The monoisotopic (exact) mass is 270 g/mol. The summed E-state index contributed by atoms with van der Waals surface area (Å²) < 4.78 is 5.00. The van der Waals surface area contributed by atoms with Gasteiger partial charge in [0.05, 0.1) is 18.4 Å². The Morgan fingerprint density at radius 2 is 1.42 bits per heavy atom. The summed E-state index contributed by atoms with van der Waals surface area (Å²) in [6.07, 6.45) is 13.4. The Hall–Kier alpha value is -0.990. The molecule has 0 saturated heterocycles. The van der Waals surface area contributed by atoms with Crippen LogP contribution in [0.5, 0.6) is 0 Å². The second kappa shape index (κ2) is 13.4. The van der Waals surface area contributed by atoms with Crippen LogP contribution >= 0.6 is 0 Å². The van der Waals surface area contributed by atoms with Gasteiger partial charge in [0, 0.05) is 0 Å². The summed E-state index contributed by atoms with van der Waals surface area (Å²) in [5.41, 5.74) is 0.257. The summed E-state index contributed by atoms with van der Waals surface area (Å²) in [4.78, 5) is 11.2. The smallest absolute Gasteiger partial charge is 0.336 e. The molecule has 3 heteroatoms. The van der Waals surface area contributed by atoms with Crippen LogP contribution in [0.4, 0.5) is 0 Å². The van der Waals surface area contributed by atoms with Gasteiger partial charge in [0.2, 0.25) is 0 Å². The number of hydrogen-bond acceptors (Lipinski definition) is 3. The van der Waals surface area contributed by atoms with E-state index in [-0.39, 0.29) is 5.57 Å². The highest BCUT2D eigenvalue weighted by molar-refractivity contribution is 5.87. The van der Waals surface area contributed by atoms with E-state index in [4.69, 9.17) is 9.84 Å². The normalized spacial score (nSPS) is 11.6. The van der Waals surface area contributed by atoms with E-state index in [9.17, 15) is 4.79 Å². The average molecular weight is 270 g/mol. The highest BCUT2D eigenvalue weighted by Crippen LogP contribution is 2.10. The van der Waals surface area contributed by atoms with Crippen LogP contribution in [0.25, 0.3) is 0 Å². The van der Waals surface area contributed by atoms with Crippen LogP contribution in [0.2, 0.25) is 0 Å². The molecule has 1 N–H and O–H groups in total. The molecule has 0 fully saturated rings. The van der Waals surface area contributed by atoms with Crippen molar-refractivity contribution in [1.29, 1.82) is 0 Å². The van der Waals surface area contributed by atoms with Gasteiger partial charge in [-0.25, -0.2) is 4.79 Å². The van der Waals surface area contributed by atoms with Gasteiger partial charge >= 0.3 is 5.97 Å². The lowest BCUT2D eigenvalue weighted by molar-refractivity contribution is -0.139. The van der Waals surface area contributed by atoms with E-state index in [0.29, 0.717) is 6.61 Å². The maximum Gasteiger partial charge on any atom is 0.336 e. The zero-order valence-corrected chi connectivity index (χ0v) is 12.6. The molecule has 0 spiro atoms. The average Bonchev–Trinajstić information content (AvgIpc) is 2.43. The third-order valence-electron chi connectivity index (χ3n) is 3.25. The van der Waals surface area contributed by atoms with E-state index in [0.717, 1.165) is 19.1 Å². The van der Waals surface area contributed by atoms with Crippen molar-refractivity contribution in [2.75, 3.05) is 6.61 Å². The Kier molecular flexibility index (Phi) is 12.7.